The summed E-state index contributed by atoms with van der Waals surface area (Å²) >= 11 is 5.93. The first-order valence-corrected chi connectivity index (χ1v) is 4.07. The first kappa shape index (κ1) is 8.35. The Bertz CT molecular complexity index is 251. The van der Waals surface area contributed by atoms with Crippen LogP contribution in [0.2, 0.25) is 5.02 Å². The molecule has 0 aliphatic rings. The summed E-state index contributed by atoms with van der Waals surface area (Å²) in [6, 6.07) is 7.91. The summed E-state index contributed by atoms with van der Waals surface area (Å²) in [5.74, 6) is 0. The lowest BCUT2D eigenvalue weighted by molar-refractivity contribution is 1.26. The molecule has 0 nitrogen and oxygen atoms in total. The van der Waals surface area contributed by atoms with Crippen molar-refractivity contribution in [1.82, 2.24) is 0 Å². The zero-order valence-corrected chi connectivity index (χ0v) is 7.31. The van der Waals surface area contributed by atoms with E-state index in [-0.39, 0.29) is 0 Å². The largest absolute Gasteiger partial charge is 0.0913 e. The third-order valence-electron chi connectivity index (χ3n) is 1.53. The maximum absolute atomic E-state index is 5.93. The predicted molar refractivity (Wildman–Crippen MR) is 50.0 cm³/mol. The van der Waals surface area contributed by atoms with Crippen LogP contribution in [-0.2, 0) is 6.42 Å². The molecule has 0 unspecified atom stereocenters. The fourth-order valence-electron chi connectivity index (χ4n) is 0.909. The summed E-state index contributed by atoms with van der Waals surface area (Å²) in [6.07, 6.45) is 5.06. The van der Waals surface area contributed by atoms with Crippen molar-refractivity contribution >= 4 is 11.6 Å². The van der Waals surface area contributed by atoms with Gasteiger partial charge in [-0.3, -0.25) is 0 Å². The van der Waals surface area contributed by atoms with Crippen molar-refractivity contribution in [3.05, 3.63) is 47.0 Å². The third-order valence-corrected chi connectivity index (χ3v) is 1.90. The van der Waals surface area contributed by atoms with Gasteiger partial charge in [0.1, 0.15) is 0 Å². The van der Waals surface area contributed by atoms with Crippen LogP contribution in [0.15, 0.2) is 36.4 Å². The van der Waals surface area contributed by atoms with Crippen molar-refractivity contribution in [2.45, 2.75) is 13.3 Å². The van der Waals surface area contributed by atoms with E-state index < -0.39 is 0 Å². The Hall–Kier alpha value is -0.750. The Morgan fingerprint density at radius 2 is 2.09 bits per heavy atom. The van der Waals surface area contributed by atoms with E-state index in [1.807, 2.05) is 37.3 Å². The van der Waals surface area contributed by atoms with Gasteiger partial charge in [0.05, 0.1) is 0 Å². The fourth-order valence-corrected chi connectivity index (χ4v) is 1.12. The molecule has 11 heavy (non-hydrogen) atoms. The molecule has 58 valence electrons. The number of halogens is 1. The van der Waals surface area contributed by atoms with Gasteiger partial charge in [0.15, 0.2) is 0 Å². The van der Waals surface area contributed by atoms with E-state index >= 15 is 0 Å². The minimum atomic E-state index is 0.852. The molecule has 0 spiro atoms. The van der Waals surface area contributed by atoms with E-state index in [2.05, 4.69) is 6.08 Å². The van der Waals surface area contributed by atoms with Crippen molar-refractivity contribution in [3.8, 4) is 0 Å². The van der Waals surface area contributed by atoms with Crippen molar-refractivity contribution in [1.29, 1.82) is 0 Å². The maximum atomic E-state index is 5.93. The Kier molecular flexibility index (Phi) is 3.18. The molecular formula is C10H11Cl. The molecule has 0 aliphatic carbocycles. The molecule has 0 radical (unpaired) electrons. The van der Waals surface area contributed by atoms with Gasteiger partial charge >= 0.3 is 0 Å². The number of hydrogen-bond acceptors (Lipinski definition) is 0. The Labute approximate surface area is 72.5 Å². The zero-order chi connectivity index (χ0) is 8.10. The van der Waals surface area contributed by atoms with Crippen LogP contribution >= 0.6 is 11.6 Å². The number of hydrogen-bond donors (Lipinski definition) is 0. The molecule has 0 saturated carbocycles. The van der Waals surface area contributed by atoms with Crippen LogP contribution in [0, 0.1) is 0 Å². The first-order valence-electron chi connectivity index (χ1n) is 3.69. The van der Waals surface area contributed by atoms with E-state index in [0.29, 0.717) is 0 Å². The van der Waals surface area contributed by atoms with Crippen LogP contribution in [0.5, 0.6) is 0 Å². The summed E-state index contributed by atoms with van der Waals surface area (Å²) in [5, 5.41) is 0.852. The Morgan fingerprint density at radius 1 is 1.36 bits per heavy atom. The molecule has 0 amide bonds. The van der Waals surface area contributed by atoms with E-state index in [1.54, 1.807) is 0 Å². The summed E-state index contributed by atoms with van der Waals surface area (Å²) in [4.78, 5) is 0. The number of rotatable bonds is 2. The lowest BCUT2D eigenvalue weighted by Gasteiger charge is -1.97. The smallest absolute Gasteiger partial charge is 0.0441 e. The van der Waals surface area contributed by atoms with Crippen molar-refractivity contribution in [2.24, 2.45) is 0 Å². The van der Waals surface area contributed by atoms with E-state index in [0.717, 1.165) is 11.4 Å². The minimum Gasteiger partial charge on any atom is -0.0913 e. The molecule has 1 aromatic rings. The monoisotopic (exact) mass is 166 g/mol. The van der Waals surface area contributed by atoms with Crippen LogP contribution in [0.3, 0.4) is 0 Å². The lowest BCUT2D eigenvalue weighted by atomic mass is 10.1. The van der Waals surface area contributed by atoms with Gasteiger partial charge in [0.2, 0.25) is 0 Å². The van der Waals surface area contributed by atoms with Gasteiger partial charge in [-0.2, -0.15) is 0 Å². The summed E-state index contributed by atoms with van der Waals surface area (Å²) < 4.78 is 0. The summed E-state index contributed by atoms with van der Waals surface area (Å²) in [7, 11) is 0. The van der Waals surface area contributed by atoms with Crippen LogP contribution in [-0.4, -0.2) is 0 Å². The van der Waals surface area contributed by atoms with Gasteiger partial charge in [-0.15, -0.1) is 0 Å². The summed E-state index contributed by atoms with van der Waals surface area (Å²) in [6.45, 7) is 2.01. The predicted octanol–water partition coefficient (Wildman–Crippen LogP) is 3.46. The molecular weight excluding hydrogens is 156 g/mol. The Balaban J connectivity index is 2.77. The van der Waals surface area contributed by atoms with Crippen LogP contribution in [0.4, 0.5) is 0 Å². The second-order valence-electron chi connectivity index (χ2n) is 2.36. The molecule has 0 atom stereocenters. The molecule has 0 aromatic heterocycles. The molecule has 0 aliphatic heterocycles. The van der Waals surface area contributed by atoms with Crippen LogP contribution in [0.1, 0.15) is 12.5 Å². The lowest BCUT2D eigenvalue weighted by Crippen LogP contribution is -1.80. The van der Waals surface area contributed by atoms with Gasteiger partial charge in [-0.25, -0.2) is 0 Å². The first-order chi connectivity index (χ1) is 5.34. The van der Waals surface area contributed by atoms with Crippen molar-refractivity contribution in [2.75, 3.05) is 0 Å². The second-order valence-corrected chi connectivity index (χ2v) is 2.77. The van der Waals surface area contributed by atoms with Crippen LogP contribution in [0.25, 0.3) is 0 Å². The van der Waals surface area contributed by atoms with Gasteiger partial charge in [-0.05, 0) is 25.0 Å². The number of allylic oxidation sites excluding steroid dienone is 2. The molecule has 1 heteroatoms. The highest BCUT2D eigenvalue weighted by atomic mass is 35.5. The van der Waals surface area contributed by atoms with Crippen LogP contribution < -0.4 is 0 Å². The third kappa shape index (κ3) is 2.39. The van der Waals surface area contributed by atoms with Crippen molar-refractivity contribution in [3.63, 3.8) is 0 Å². The number of benzene rings is 1. The highest BCUT2D eigenvalue weighted by molar-refractivity contribution is 6.31. The normalized spacial score (nSPS) is 10.7. The molecule has 1 rings (SSSR count). The fraction of sp³-hybridized carbons (Fsp3) is 0.200. The van der Waals surface area contributed by atoms with Gasteiger partial charge < -0.3 is 0 Å². The molecule has 1 aromatic carbocycles. The van der Waals surface area contributed by atoms with Gasteiger partial charge in [0.25, 0.3) is 0 Å². The van der Waals surface area contributed by atoms with E-state index in [4.69, 9.17) is 11.6 Å². The van der Waals surface area contributed by atoms with E-state index in [1.165, 1.54) is 5.56 Å². The van der Waals surface area contributed by atoms with Crippen molar-refractivity contribution < 1.29 is 0 Å². The zero-order valence-electron chi connectivity index (χ0n) is 6.55. The molecule has 0 N–H and O–H groups in total. The van der Waals surface area contributed by atoms with Gasteiger partial charge in [0, 0.05) is 5.02 Å². The minimum absolute atomic E-state index is 0.852. The average Bonchev–Trinajstić information content (AvgIpc) is 2.03. The highest BCUT2D eigenvalue weighted by Crippen LogP contribution is 2.15. The standard InChI is InChI=1S/C10H11Cl/c1-2-3-6-9-7-4-5-8-10(9)11/h2-5,7-8H,6H2,1H3. The highest BCUT2D eigenvalue weighted by Gasteiger charge is 1.93. The topological polar surface area (TPSA) is 0 Å². The van der Waals surface area contributed by atoms with E-state index in [9.17, 15) is 0 Å². The Morgan fingerprint density at radius 3 is 2.73 bits per heavy atom. The SMILES string of the molecule is CC=CCc1ccccc1Cl. The average molecular weight is 167 g/mol. The molecule has 0 heterocycles. The maximum Gasteiger partial charge on any atom is 0.0441 e. The molecule has 0 saturated heterocycles. The quantitative estimate of drug-likeness (QED) is 0.591. The van der Waals surface area contributed by atoms with Gasteiger partial charge in [-0.1, -0.05) is 42.0 Å². The molecule has 0 fully saturated rings. The summed E-state index contributed by atoms with van der Waals surface area (Å²) in [5.41, 5.74) is 1.19. The second kappa shape index (κ2) is 4.20. The molecule has 0 bridgehead atoms.